The Morgan fingerprint density at radius 2 is 1.79 bits per heavy atom. The number of nitrogens with zero attached hydrogens (tertiary/aromatic N) is 1. The number of amides is 1. The summed E-state index contributed by atoms with van der Waals surface area (Å²) in [5.74, 6) is 0.715. The number of furan rings is 1. The van der Waals surface area contributed by atoms with E-state index in [1.165, 1.54) is 5.56 Å². The summed E-state index contributed by atoms with van der Waals surface area (Å²) in [6.07, 6.45) is 1.52. The molecule has 0 saturated carbocycles. The largest absolute Gasteiger partial charge is 0.453 e. The van der Waals surface area contributed by atoms with Gasteiger partial charge in [0.2, 0.25) is 0 Å². The predicted molar refractivity (Wildman–Crippen MR) is 91.4 cm³/mol. The molecule has 2 aromatic carbocycles. The number of hydrogen-bond donors (Lipinski definition) is 0. The van der Waals surface area contributed by atoms with E-state index in [4.69, 9.17) is 4.42 Å². The van der Waals surface area contributed by atoms with E-state index in [2.05, 4.69) is 6.07 Å². The van der Waals surface area contributed by atoms with E-state index in [-0.39, 0.29) is 11.7 Å². The van der Waals surface area contributed by atoms with Crippen LogP contribution in [0.1, 0.15) is 26.5 Å². The number of hydrogen-bond acceptors (Lipinski definition) is 3. The molecule has 2 heterocycles. The first-order valence-corrected chi connectivity index (χ1v) is 7.82. The molecule has 0 saturated heterocycles. The highest BCUT2D eigenvalue weighted by atomic mass is 16.3. The van der Waals surface area contributed by atoms with E-state index in [9.17, 15) is 9.59 Å². The Balaban J connectivity index is 1.75. The van der Waals surface area contributed by atoms with Crippen LogP contribution >= 0.6 is 0 Å². The van der Waals surface area contributed by atoms with Crippen LogP contribution in [0.2, 0.25) is 0 Å². The first-order chi connectivity index (χ1) is 11.8. The van der Waals surface area contributed by atoms with Gasteiger partial charge in [-0.1, -0.05) is 36.4 Å². The summed E-state index contributed by atoms with van der Waals surface area (Å²) in [5.41, 5.74) is 3.41. The summed E-state index contributed by atoms with van der Waals surface area (Å²) in [6, 6.07) is 18.6. The monoisotopic (exact) mass is 317 g/mol. The maximum atomic E-state index is 13.1. The molecule has 0 unspecified atom stereocenters. The Hall–Kier alpha value is -3.14. The van der Waals surface area contributed by atoms with Gasteiger partial charge >= 0.3 is 0 Å². The molecular formula is C20H15NO3. The molecule has 24 heavy (non-hydrogen) atoms. The number of carbonyl (C=O) groups excluding carboxylic acids is 2. The molecule has 0 radical (unpaired) electrons. The van der Waals surface area contributed by atoms with Crippen LogP contribution in [0.3, 0.4) is 0 Å². The van der Waals surface area contributed by atoms with Crippen molar-refractivity contribution in [1.82, 2.24) is 0 Å². The van der Waals surface area contributed by atoms with Gasteiger partial charge in [0.15, 0.2) is 12.0 Å². The number of para-hydroxylation sites is 1. The second-order valence-corrected chi connectivity index (χ2v) is 5.70. The molecule has 4 rings (SSSR count). The summed E-state index contributed by atoms with van der Waals surface area (Å²) >= 11 is 0. The third-order valence-electron chi connectivity index (χ3n) is 4.30. The van der Waals surface area contributed by atoms with Crippen LogP contribution in [0.15, 0.2) is 65.1 Å². The number of carbonyl (C=O) groups is 2. The highest BCUT2D eigenvalue weighted by Gasteiger charge is 2.27. The van der Waals surface area contributed by atoms with Crippen LogP contribution in [0.5, 0.6) is 0 Å². The molecule has 0 atom stereocenters. The fourth-order valence-electron chi connectivity index (χ4n) is 3.14. The summed E-state index contributed by atoms with van der Waals surface area (Å²) in [7, 11) is 0. The lowest BCUT2D eigenvalue weighted by Crippen LogP contribution is -2.29. The smallest absolute Gasteiger partial charge is 0.259 e. The Labute approximate surface area is 139 Å². The third kappa shape index (κ3) is 2.33. The number of rotatable bonds is 3. The summed E-state index contributed by atoms with van der Waals surface area (Å²) in [5, 5.41) is 0. The van der Waals surface area contributed by atoms with Crippen LogP contribution in [0.25, 0.3) is 11.3 Å². The molecule has 0 spiro atoms. The van der Waals surface area contributed by atoms with Gasteiger partial charge in [0, 0.05) is 17.8 Å². The third-order valence-corrected chi connectivity index (χ3v) is 4.30. The molecule has 4 heteroatoms. The number of aldehydes is 1. The van der Waals surface area contributed by atoms with E-state index in [1.807, 2.05) is 36.4 Å². The van der Waals surface area contributed by atoms with Crippen molar-refractivity contribution in [3.63, 3.8) is 0 Å². The molecule has 0 aliphatic carbocycles. The molecule has 4 nitrogen and oxygen atoms in total. The lowest BCUT2D eigenvalue weighted by Gasteiger charge is -2.18. The van der Waals surface area contributed by atoms with Crippen molar-refractivity contribution in [3.05, 3.63) is 77.6 Å². The lowest BCUT2D eigenvalue weighted by molar-refractivity contribution is 0.0989. The molecule has 0 bridgehead atoms. The molecular weight excluding hydrogens is 302 g/mol. The van der Waals surface area contributed by atoms with Crippen molar-refractivity contribution in [1.29, 1.82) is 0 Å². The summed E-state index contributed by atoms with van der Waals surface area (Å²) in [4.78, 5) is 25.7. The Kier molecular flexibility index (Phi) is 3.50. The normalized spacial score (nSPS) is 12.9. The zero-order chi connectivity index (χ0) is 16.5. The number of fused-ring (bicyclic) bond motifs is 1. The van der Waals surface area contributed by atoms with E-state index < -0.39 is 0 Å². The van der Waals surface area contributed by atoms with Crippen LogP contribution in [-0.2, 0) is 6.42 Å². The van der Waals surface area contributed by atoms with Gasteiger partial charge in [-0.15, -0.1) is 0 Å². The van der Waals surface area contributed by atoms with Gasteiger partial charge in [0.25, 0.3) is 5.91 Å². The first kappa shape index (κ1) is 14.5. The van der Waals surface area contributed by atoms with Crippen molar-refractivity contribution in [2.24, 2.45) is 0 Å². The average molecular weight is 317 g/mol. The summed E-state index contributed by atoms with van der Waals surface area (Å²) < 4.78 is 5.50. The van der Waals surface area contributed by atoms with E-state index >= 15 is 0 Å². The number of benzene rings is 2. The fourth-order valence-corrected chi connectivity index (χ4v) is 3.14. The van der Waals surface area contributed by atoms with Gasteiger partial charge in [0.1, 0.15) is 5.76 Å². The zero-order valence-electron chi connectivity index (χ0n) is 12.9. The minimum atomic E-state index is -0.0559. The minimum Gasteiger partial charge on any atom is -0.453 e. The van der Waals surface area contributed by atoms with E-state index in [1.54, 1.807) is 23.1 Å². The molecule has 0 N–H and O–H groups in total. The van der Waals surface area contributed by atoms with Gasteiger partial charge in [-0.2, -0.15) is 0 Å². The minimum absolute atomic E-state index is 0.0559. The van der Waals surface area contributed by atoms with Gasteiger partial charge < -0.3 is 9.32 Å². The molecule has 1 amide bonds. The van der Waals surface area contributed by atoms with Gasteiger partial charge in [-0.05, 0) is 36.2 Å². The van der Waals surface area contributed by atoms with Crippen LogP contribution in [0.4, 0.5) is 5.69 Å². The van der Waals surface area contributed by atoms with Crippen molar-refractivity contribution in [3.8, 4) is 11.3 Å². The highest BCUT2D eigenvalue weighted by molar-refractivity contribution is 6.10. The second-order valence-electron chi connectivity index (χ2n) is 5.70. The van der Waals surface area contributed by atoms with Crippen molar-refractivity contribution >= 4 is 17.9 Å². The molecule has 118 valence electrons. The zero-order valence-corrected chi connectivity index (χ0v) is 12.9. The van der Waals surface area contributed by atoms with Gasteiger partial charge in [-0.3, -0.25) is 9.59 Å². The average Bonchev–Trinajstić information content (AvgIpc) is 3.28. The predicted octanol–water partition coefficient (Wildman–Crippen LogP) is 3.96. The van der Waals surface area contributed by atoms with E-state index in [0.717, 1.165) is 12.1 Å². The maximum absolute atomic E-state index is 13.1. The van der Waals surface area contributed by atoms with E-state index in [0.29, 0.717) is 29.7 Å². The van der Waals surface area contributed by atoms with Gasteiger partial charge in [-0.25, -0.2) is 0 Å². The van der Waals surface area contributed by atoms with Crippen molar-refractivity contribution in [2.75, 3.05) is 11.4 Å². The van der Waals surface area contributed by atoms with Crippen LogP contribution in [0, 0.1) is 0 Å². The fraction of sp³-hybridized carbons (Fsp3) is 0.100. The Morgan fingerprint density at radius 1 is 1.00 bits per heavy atom. The molecule has 0 fully saturated rings. The first-order valence-electron chi connectivity index (χ1n) is 7.82. The summed E-state index contributed by atoms with van der Waals surface area (Å²) in [6.45, 7) is 0.671. The topological polar surface area (TPSA) is 50.5 Å². The van der Waals surface area contributed by atoms with Crippen molar-refractivity contribution < 1.29 is 14.0 Å². The lowest BCUT2D eigenvalue weighted by atomic mass is 10.0. The van der Waals surface area contributed by atoms with Gasteiger partial charge in [0.05, 0.1) is 5.56 Å². The molecule has 1 aliphatic rings. The second kappa shape index (κ2) is 5.81. The number of anilines is 1. The SMILES string of the molecule is O=Cc1ccc(-c2ccccc2C(=O)N2CCc3ccccc32)o1. The highest BCUT2D eigenvalue weighted by Crippen LogP contribution is 2.32. The maximum Gasteiger partial charge on any atom is 0.259 e. The molecule has 3 aromatic rings. The Bertz CT molecular complexity index is 926. The van der Waals surface area contributed by atoms with Crippen molar-refractivity contribution in [2.45, 2.75) is 6.42 Å². The quantitative estimate of drug-likeness (QED) is 0.687. The Morgan fingerprint density at radius 3 is 2.62 bits per heavy atom. The van der Waals surface area contributed by atoms with Crippen LogP contribution < -0.4 is 4.90 Å². The molecule has 1 aromatic heterocycles. The standard InChI is InChI=1S/C20H15NO3/c22-13-15-9-10-19(24-15)16-6-2-3-7-17(16)20(23)21-12-11-14-5-1-4-8-18(14)21/h1-10,13H,11-12H2. The molecule has 1 aliphatic heterocycles. The van der Waals surface area contributed by atoms with Crippen LogP contribution in [-0.4, -0.2) is 18.7 Å².